The number of aromatic amines is 1. The molecule has 2 amide bonds. The highest BCUT2D eigenvalue weighted by molar-refractivity contribution is 7.13. The van der Waals surface area contributed by atoms with Crippen LogP contribution in [0.5, 0.6) is 0 Å². The Morgan fingerprint density at radius 2 is 1.85 bits per heavy atom. The van der Waals surface area contributed by atoms with Crippen LogP contribution in [0.15, 0.2) is 5.38 Å². The Morgan fingerprint density at radius 3 is 2.48 bits per heavy atom. The SMILES string of the molecule is CC(=O)c1c(C)[nH]c(C(=O)NNC(=O)c2csc(N3CCOCC3)n2)c1C. The summed E-state index contributed by atoms with van der Waals surface area (Å²) in [5.41, 5.74) is 6.84. The number of thiazole rings is 1. The molecule has 0 spiro atoms. The first-order chi connectivity index (χ1) is 12.9. The third-order valence-electron chi connectivity index (χ3n) is 4.31. The number of nitrogens with one attached hydrogen (secondary N) is 3. The summed E-state index contributed by atoms with van der Waals surface area (Å²) in [7, 11) is 0. The fourth-order valence-corrected chi connectivity index (χ4v) is 3.87. The van der Waals surface area contributed by atoms with Crippen molar-refractivity contribution in [1.82, 2.24) is 20.8 Å². The highest BCUT2D eigenvalue weighted by Gasteiger charge is 2.21. The number of carbonyl (C=O) groups excluding carboxylic acids is 3. The van der Waals surface area contributed by atoms with E-state index in [2.05, 4.69) is 25.7 Å². The van der Waals surface area contributed by atoms with Gasteiger partial charge in [0.05, 0.1) is 13.2 Å². The van der Waals surface area contributed by atoms with E-state index in [0.29, 0.717) is 30.0 Å². The van der Waals surface area contributed by atoms with E-state index < -0.39 is 11.8 Å². The number of H-pyrrole nitrogens is 1. The van der Waals surface area contributed by atoms with Crippen molar-refractivity contribution in [3.8, 4) is 0 Å². The lowest BCUT2D eigenvalue weighted by Crippen LogP contribution is -2.42. The summed E-state index contributed by atoms with van der Waals surface area (Å²) >= 11 is 1.37. The molecule has 1 aliphatic rings. The molecule has 144 valence electrons. The summed E-state index contributed by atoms with van der Waals surface area (Å²) in [5, 5.41) is 2.39. The zero-order valence-electron chi connectivity index (χ0n) is 15.3. The number of hydrogen-bond acceptors (Lipinski definition) is 7. The number of ketones is 1. The monoisotopic (exact) mass is 391 g/mol. The van der Waals surface area contributed by atoms with E-state index in [1.165, 1.54) is 18.3 Å². The number of hydrogen-bond donors (Lipinski definition) is 3. The molecule has 9 nitrogen and oxygen atoms in total. The van der Waals surface area contributed by atoms with Crippen LogP contribution in [0.3, 0.4) is 0 Å². The molecule has 1 fully saturated rings. The minimum absolute atomic E-state index is 0.123. The van der Waals surface area contributed by atoms with E-state index in [0.717, 1.165) is 18.2 Å². The number of carbonyl (C=O) groups is 3. The van der Waals surface area contributed by atoms with Crippen LogP contribution in [-0.4, -0.2) is 53.9 Å². The smallest absolute Gasteiger partial charge is 0.289 e. The second-order valence-corrected chi connectivity index (χ2v) is 7.04. The van der Waals surface area contributed by atoms with Gasteiger partial charge in [0, 0.05) is 29.7 Å². The van der Waals surface area contributed by atoms with E-state index in [9.17, 15) is 14.4 Å². The fourth-order valence-electron chi connectivity index (χ4n) is 3.01. The molecule has 27 heavy (non-hydrogen) atoms. The molecule has 0 radical (unpaired) electrons. The van der Waals surface area contributed by atoms with Crippen molar-refractivity contribution < 1.29 is 19.1 Å². The standard InChI is InChI=1S/C17H21N5O4S/c1-9-13(11(3)23)10(2)18-14(9)16(25)21-20-15(24)12-8-27-17(19-12)22-4-6-26-7-5-22/h8,18H,4-7H2,1-3H3,(H,20,24)(H,21,25). The molecule has 0 aromatic carbocycles. The number of rotatable bonds is 4. The van der Waals surface area contributed by atoms with Gasteiger partial charge in [-0.2, -0.15) is 0 Å². The van der Waals surface area contributed by atoms with Gasteiger partial charge >= 0.3 is 0 Å². The van der Waals surface area contributed by atoms with Crippen LogP contribution in [-0.2, 0) is 4.74 Å². The molecular weight excluding hydrogens is 370 g/mol. The third kappa shape index (κ3) is 4.01. The van der Waals surface area contributed by atoms with Crippen molar-refractivity contribution in [1.29, 1.82) is 0 Å². The summed E-state index contributed by atoms with van der Waals surface area (Å²) < 4.78 is 5.30. The van der Waals surface area contributed by atoms with Gasteiger partial charge < -0.3 is 14.6 Å². The highest BCUT2D eigenvalue weighted by Crippen LogP contribution is 2.21. The van der Waals surface area contributed by atoms with E-state index in [1.54, 1.807) is 19.2 Å². The van der Waals surface area contributed by atoms with Gasteiger partial charge in [-0.15, -0.1) is 11.3 Å². The molecule has 2 aromatic heterocycles. The van der Waals surface area contributed by atoms with Crippen LogP contribution >= 0.6 is 11.3 Å². The molecule has 0 aliphatic carbocycles. The Kier molecular flexibility index (Phi) is 5.57. The maximum atomic E-state index is 12.3. The van der Waals surface area contributed by atoms with Crippen LogP contribution in [0, 0.1) is 13.8 Å². The predicted molar refractivity (Wildman–Crippen MR) is 100 cm³/mol. The molecule has 0 atom stereocenters. The first-order valence-electron chi connectivity index (χ1n) is 8.47. The largest absolute Gasteiger partial charge is 0.378 e. The number of aryl methyl sites for hydroxylation is 1. The van der Waals surface area contributed by atoms with Gasteiger partial charge in [0.1, 0.15) is 11.4 Å². The number of nitrogens with zero attached hydrogens (tertiary/aromatic N) is 2. The summed E-state index contributed by atoms with van der Waals surface area (Å²) in [6, 6.07) is 0. The highest BCUT2D eigenvalue weighted by atomic mass is 32.1. The number of aromatic nitrogens is 2. The quantitative estimate of drug-likeness (QED) is 0.533. The lowest BCUT2D eigenvalue weighted by Gasteiger charge is -2.25. The summed E-state index contributed by atoms with van der Waals surface area (Å²) in [4.78, 5) is 45.5. The third-order valence-corrected chi connectivity index (χ3v) is 5.21. The Morgan fingerprint density at radius 1 is 1.19 bits per heavy atom. The topological polar surface area (TPSA) is 116 Å². The molecule has 0 unspecified atom stereocenters. The molecule has 1 saturated heterocycles. The van der Waals surface area contributed by atoms with Crippen molar-refractivity contribution in [2.45, 2.75) is 20.8 Å². The van der Waals surface area contributed by atoms with E-state index in [-0.39, 0.29) is 17.2 Å². The van der Waals surface area contributed by atoms with Crippen molar-refractivity contribution in [2.24, 2.45) is 0 Å². The van der Waals surface area contributed by atoms with Gasteiger partial charge in [0.25, 0.3) is 11.8 Å². The Labute approximate surface area is 160 Å². The molecule has 3 heterocycles. The Bertz CT molecular complexity index is 882. The summed E-state index contributed by atoms with van der Waals surface area (Å²) in [5.74, 6) is -1.16. The second-order valence-electron chi connectivity index (χ2n) is 6.20. The first kappa shape index (κ1) is 19.1. The van der Waals surface area contributed by atoms with Gasteiger partial charge in [-0.1, -0.05) is 0 Å². The molecule has 0 saturated carbocycles. The molecule has 3 rings (SSSR count). The van der Waals surface area contributed by atoms with Crippen LogP contribution in [0.1, 0.15) is 49.5 Å². The van der Waals surface area contributed by atoms with Gasteiger partial charge in [-0.25, -0.2) is 4.98 Å². The zero-order chi connectivity index (χ0) is 19.6. The number of ether oxygens (including phenoxy) is 1. The maximum absolute atomic E-state index is 12.3. The maximum Gasteiger partial charge on any atom is 0.289 e. The van der Waals surface area contributed by atoms with Crippen LogP contribution in [0.25, 0.3) is 0 Å². The van der Waals surface area contributed by atoms with Crippen molar-refractivity contribution in [3.05, 3.63) is 33.6 Å². The van der Waals surface area contributed by atoms with Gasteiger partial charge in [0.15, 0.2) is 10.9 Å². The minimum Gasteiger partial charge on any atom is -0.378 e. The fraction of sp³-hybridized carbons (Fsp3) is 0.412. The number of hydrazine groups is 1. The molecule has 3 N–H and O–H groups in total. The zero-order valence-corrected chi connectivity index (χ0v) is 16.2. The van der Waals surface area contributed by atoms with Crippen LogP contribution in [0.4, 0.5) is 5.13 Å². The normalized spacial score (nSPS) is 14.1. The van der Waals surface area contributed by atoms with Crippen molar-refractivity contribution in [3.63, 3.8) is 0 Å². The van der Waals surface area contributed by atoms with Crippen LogP contribution in [0.2, 0.25) is 0 Å². The Hall–Kier alpha value is -2.72. The van der Waals surface area contributed by atoms with Crippen molar-refractivity contribution >= 4 is 34.1 Å². The molecule has 2 aromatic rings. The van der Waals surface area contributed by atoms with Gasteiger partial charge in [-0.3, -0.25) is 25.2 Å². The van der Waals surface area contributed by atoms with E-state index in [1.807, 2.05) is 0 Å². The lowest BCUT2D eigenvalue weighted by atomic mass is 10.1. The lowest BCUT2D eigenvalue weighted by molar-refractivity contribution is 0.0841. The predicted octanol–water partition coefficient (Wildman–Crippen LogP) is 1.20. The first-order valence-corrected chi connectivity index (χ1v) is 9.35. The van der Waals surface area contributed by atoms with Crippen LogP contribution < -0.4 is 15.8 Å². The molecule has 10 heteroatoms. The summed E-state index contributed by atoms with van der Waals surface area (Å²) in [6.45, 7) is 7.58. The molecule has 0 bridgehead atoms. The molecule has 1 aliphatic heterocycles. The van der Waals surface area contributed by atoms with Gasteiger partial charge in [0.2, 0.25) is 0 Å². The number of amides is 2. The average Bonchev–Trinajstić information content (AvgIpc) is 3.25. The second kappa shape index (κ2) is 7.89. The number of morpholine rings is 1. The average molecular weight is 391 g/mol. The number of Topliss-reactive ketones (excluding diaryl/α,β-unsaturated/α-hetero) is 1. The summed E-state index contributed by atoms with van der Waals surface area (Å²) in [6.07, 6.45) is 0. The minimum atomic E-state index is -0.528. The van der Waals surface area contributed by atoms with E-state index >= 15 is 0 Å². The molecular formula is C17H21N5O4S. The van der Waals surface area contributed by atoms with Gasteiger partial charge in [-0.05, 0) is 26.3 Å². The number of anilines is 1. The van der Waals surface area contributed by atoms with Crippen molar-refractivity contribution in [2.75, 3.05) is 31.2 Å². The Balaban J connectivity index is 1.62. The van der Waals surface area contributed by atoms with E-state index in [4.69, 9.17) is 4.74 Å².